The van der Waals surface area contributed by atoms with Crippen molar-refractivity contribution in [2.45, 2.75) is 13.5 Å². The van der Waals surface area contributed by atoms with Gasteiger partial charge in [0.05, 0.1) is 12.2 Å². The van der Waals surface area contributed by atoms with Gasteiger partial charge in [0.1, 0.15) is 5.01 Å². The molecule has 0 aliphatic rings. The van der Waals surface area contributed by atoms with Crippen LogP contribution in [-0.2, 0) is 6.54 Å². The van der Waals surface area contributed by atoms with E-state index in [4.69, 9.17) is 11.6 Å². The van der Waals surface area contributed by atoms with Gasteiger partial charge in [-0.05, 0) is 40.5 Å². The van der Waals surface area contributed by atoms with E-state index in [1.165, 1.54) is 0 Å². The van der Waals surface area contributed by atoms with E-state index in [0.717, 1.165) is 32.3 Å². The van der Waals surface area contributed by atoms with E-state index in [2.05, 4.69) is 26.2 Å². The molecule has 0 aliphatic heterocycles. The molecule has 0 aliphatic carbocycles. The summed E-state index contributed by atoms with van der Waals surface area (Å²) in [5.41, 5.74) is 2.05. The molecular formula is C11H10BrClN2S. The van der Waals surface area contributed by atoms with E-state index in [0.29, 0.717) is 0 Å². The summed E-state index contributed by atoms with van der Waals surface area (Å²) in [6.07, 6.45) is 1.80. The quantitative estimate of drug-likeness (QED) is 0.903. The summed E-state index contributed by atoms with van der Waals surface area (Å²) in [4.78, 5) is 4.21. The highest BCUT2D eigenvalue weighted by Gasteiger charge is 2.04. The van der Waals surface area contributed by atoms with E-state index in [9.17, 15) is 0 Å². The van der Waals surface area contributed by atoms with E-state index in [1.807, 2.05) is 24.4 Å². The van der Waals surface area contributed by atoms with Crippen LogP contribution < -0.4 is 5.32 Å². The Morgan fingerprint density at radius 3 is 3.00 bits per heavy atom. The van der Waals surface area contributed by atoms with Crippen LogP contribution in [0.1, 0.15) is 10.6 Å². The number of hydrogen-bond acceptors (Lipinski definition) is 3. The van der Waals surface area contributed by atoms with Gasteiger partial charge in [-0.25, -0.2) is 4.98 Å². The SMILES string of the molecule is Cc1cc(Br)c(NCc2nccs2)cc1Cl. The van der Waals surface area contributed by atoms with Crippen LogP contribution in [0.25, 0.3) is 0 Å². The molecule has 16 heavy (non-hydrogen) atoms. The number of aromatic nitrogens is 1. The van der Waals surface area contributed by atoms with Gasteiger partial charge in [0.2, 0.25) is 0 Å². The molecule has 1 heterocycles. The predicted molar refractivity (Wildman–Crippen MR) is 73.3 cm³/mol. The lowest BCUT2D eigenvalue weighted by Crippen LogP contribution is -1.99. The molecule has 2 aromatic rings. The number of anilines is 1. The first-order valence-electron chi connectivity index (χ1n) is 4.74. The summed E-state index contributed by atoms with van der Waals surface area (Å²) in [5, 5.41) is 7.09. The lowest BCUT2D eigenvalue weighted by molar-refractivity contribution is 1.10. The summed E-state index contributed by atoms with van der Waals surface area (Å²) >= 11 is 11.2. The Morgan fingerprint density at radius 1 is 1.50 bits per heavy atom. The normalized spacial score (nSPS) is 10.4. The number of benzene rings is 1. The number of thiazole rings is 1. The third-order valence-electron chi connectivity index (χ3n) is 2.16. The molecule has 5 heteroatoms. The number of halogens is 2. The molecule has 1 N–H and O–H groups in total. The first-order chi connectivity index (χ1) is 7.66. The molecule has 0 atom stereocenters. The van der Waals surface area contributed by atoms with Crippen LogP contribution >= 0.6 is 38.9 Å². The van der Waals surface area contributed by atoms with Gasteiger partial charge in [-0.1, -0.05) is 11.6 Å². The minimum Gasteiger partial charge on any atom is -0.378 e. The Kier molecular flexibility index (Phi) is 3.84. The van der Waals surface area contributed by atoms with Gasteiger partial charge in [-0.2, -0.15) is 0 Å². The van der Waals surface area contributed by atoms with Gasteiger partial charge in [0, 0.05) is 21.1 Å². The van der Waals surface area contributed by atoms with E-state index in [1.54, 1.807) is 17.5 Å². The van der Waals surface area contributed by atoms with E-state index in [-0.39, 0.29) is 0 Å². The summed E-state index contributed by atoms with van der Waals surface area (Å²) in [5.74, 6) is 0. The summed E-state index contributed by atoms with van der Waals surface area (Å²) < 4.78 is 1.02. The monoisotopic (exact) mass is 316 g/mol. The van der Waals surface area contributed by atoms with Crippen molar-refractivity contribution in [2.24, 2.45) is 0 Å². The fourth-order valence-corrected chi connectivity index (χ4v) is 2.61. The Bertz CT molecular complexity index is 485. The highest BCUT2D eigenvalue weighted by Crippen LogP contribution is 2.29. The number of nitrogens with zero attached hydrogens (tertiary/aromatic N) is 1. The number of nitrogens with one attached hydrogen (secondary N) is 1. The third kappa shape index (κ3) is 2.75. The molecule has 1 aromatic heterocycles. The van der Waals surface area contributed by atoms with Crippen molar-refractivity contribution in [1.29, 1.82) is 0 Å². The maximum Gasteiger partial charge on any atom is 0.112 e. The standard InChI is InChI=1S/C11H10BrClN2S/c1-7-4-8(12)10(5-9(7)13)15-6-11-14-2-3-16-11/h2-5,15H,6H2,1H3. The second kappa shape index (κ2) is 5.17. The Balaban J connectivity index is 2.12. The summed E-state index contributed by atoms with van der Waals surface area (Å²) in [7, 11) is 0. The van der Waals surface area contributed by atoms with Crippen LogP contribution in [0.5, 0.6) is 0 Å². The Hall–Kier alpha value is -0.580. The predicted octanol–water partition coefficient (Wildman–Crippen LogP) is 4.48. The molecule has 1 aromatic carbocycles. The molecule has 0 saturated carbocycles. The zero-order chi connectivity index (χ0) is 11.5. The van der Waals surface area contributed by atoms with E-state index < -0.39 is 0 Å². The van der Waals surface area contributed by atoms with Crippen LogP contribution in [0.4, 0.5) is 5.69 Å². The minimum absolute atomic E-state index is 0.718. The van der Waals surface area contributed by atoms with Gasteiger partial charge in [0.25, 0.3) is 0 Å². The van der Waals surface area contributed by atoms with Crippen molar-refractivity contribution in [3.05, 3.63) is 43.8 Å². The van der Waals surface area contributed by atoms with Gasteiger partial charge in [-0.3, -0.25) is 0 Å². The maximum absolute atomic E-state index is 6.07. The van der Waals surface area contributed by atoms with Crippen LogP contribution in [0.3, 0.4) is 0 Å². The zero-order valence-electron chi connectivity index (χ0n) is 8.63. The Morgan fingerprint density at radius 2 is 2.31 bits per heavy atom. The Labute approximate surface area is 112 Å². The molecule has 2 rings (SSSR count). The first kappa shape index (κ1) is 11.9. The lowest BCUT2D eigenvalue weighted by atomic mass is 10.2. The van der Waals surface area contributed by atoms with Crippen LogP contribution in [0.2, 0.25) is 5.02 Å². The molecule has 0 radical (unpaired) electrons. The van der Waals surface area contributed by atoms with E-state index >= 15 is 0 Å². The average molecular weight is 318 g/mol. The van der Waals surface area contributed by atoms with Crippen molar-refractivity contribution in [3.63, 3.8) is 0 Å². The molecule has 0 bridgehead atoms. The smallest absolute Gasteiger partial charge is 0.112 e. The molecule has 0 unspecified atom stereocenters. The molecule has 2 nitrogen and oxygen atoms in total. The van der Waals surface area contributed by atoms with Crippen molar-refractivity contribution < 1.29 is 0 Å². The molecule has 0 fully saturated rings. The number of hydrogen-bond donors (Lipinski definition) is 1. The highest BCUT2D eigenvalue weighted by molar-refractivity contribution is 9.10. The van der Waals surface area contributed by atoms with Gasteiger partial charge >= 0.3 is 0 Å². The fourth-order valence-electron chi connectivity index (χ4n) is 1.29. The van der Waals surface area contributed by atoms with Crippen molar-refractivity contribution in [2.75, 3.05) is 5.32 Å². The highest BCUT2D eigenvalue weighted by atomic mass is 79.9. The van der Waals surface area contributed by atoms with Gasteiger partial charge < -0.3 is 5.32 Å². The first-order valence-corrected chi connectivity index (χ1v) is 6.80. The average Bonchev–Trinajstić information content (AvgIpc) is 2.74. The molecule has 0 spiro atoms. The van der Waals surface area contributed by atoms with Crippen molar-refractivity contribution in [1.82, 2.24) is 4.98 Å². The van der Waals surface area contributed by atoms with Crippen LogP contribution in [-0.4, -0.2) is 4.98 Å². The fraction of sp³-hybridized carbons (Fsp3) is 0.182. The van der Waals surface area contributed by atoms with Gasteiger partial charge in [0.15, 0.2) is 0 Å². The number of aryl methyl sites for hydroxylation is 1. The topological polar surface area (TPSA) is 24.9 Å². The third-order valence-corrected chi connectivity index (χ3v) is 4.00. The number of rotatable bonds is 3. The summed E-state index contributed by atoms with van der Waals surface area (Å²) in [6, 6.07) is 3.93. The second-order valence-electron chi connectivity index (χ2n) is 3.36. The minimum atomic E-state index is 0.718. The molecule has 84 valence electrons. The van der Waals surface area contributed by atoms with Crippen LogP contribution in [0, 0.1) is 6.92 Å². The lowest BCUT2D eigenvalue weighted by Gasteiger charge is -2.09. The van der Waals surface area contributed by atoms with Gasteiger partial charge in [-0.15, -0.1) is 11.3 Å². The molecular weight excluding hydrogens is 308 g/mol. The molecule has 0 saturated heterocycles. The maximum atomic E-state index is 6.07. The largest absolute Gasteiger partial charge is 0.378 e. The van der Waals surface area contributed by atoms with Crippen molar-refractivity contribution in [3.8, 4) is 0 Å². The second-order valence-corrected chi connectivity index (χ2v) is 5.60. The van der Waals surface area contributed by atoms with Crippen LogP contribution in [0.15, 0.2) is 28.2 Å². The summed E-state index contributed by atoms with van der Waals surface area (Å²) in [6.45, 7) is 2.70. The van der Waals surface area contributed by atoms with Crippen molar-refractivity contribution >= 4 is 44.6 Å². The molecule has 0 amide bonds. The zero-order valence-corrected chi connectivity index (χ0v) is 11.8.